The molecule has 1 aliphatic rings. The van der Waals surface area contributed by atoms with Crippen molar-refractivity contribution in [2.24, 2.45) is 0 Å². The summed E-state index contributed by atoms with van der Waals surface area (Å²) in [6.07, 6.45) is 1.65. The van der Waals surface area contributed by atoms with E-state index in [0.717, 1.165) is 11.8 Å². The van der Waals surface area contributed by atoms with Gasteiger partial charge in [-0.3, -0.25) is 14.5 Å². The number of halogens is 1. The maximum Gasteiger partial charge on any atom is 0.308 e. The first-order chi connectivity index (χ1) is 12.9. The van der Waals surface area contributed by atoms with E-state index < -0.39 is 11.8 Å². The second kappa shape index (κ2) is 7.89. The zero-order valence-corrected chi connectivity index (χ0v) is 16.0. The molecule has 0 saturated carbocycles. The van der Waals surface area contributed by atoms with Gasteiger partial charge in [0.2, 0.25) is 0 Å². The minimum Gasteiger partial charge on any atom is -0.493 e. The molecule has 2 aromatic carbocycles. The van der Waals surface area contributed by atoms with Crippen molar-refractivity contribution in [2.75, 3.05) is 12.0 Å². The van der Waals surface area contributed by atoms with Gasteiger partial charge in [0.05, 0.1) is 17.7 Å². The molecule has 0 spiro atoms. The number of hydrogen-bond acceptors (Lipinski definition) is 6. The Labute approximate surface area is 164 Å². The van der Waals surface area contributed by atoms with Gasteiger partial charge in [0.1, 0.15) is 5.82 Å². The van der Waals surface area contributed by atoms with E-state index in [1.807, 2.05) is 0 Å². The predicted molar refractivity (Wildman–Crippen MR) is 106 cm³/mol. The summed E-state index contributed by atoms with van der Waals surface area (Å²) in [4.78, 5) is 25.5. The number of benzene rings is 2. The molecule has 0 N–H and O–H groups in total. The summed E-state index contributed by atoms with van der Waals surface area (Å²) in [5.41, 5.74) is 1.05. The molecule has 8 heteroatoms. The third-order valence-electron chi connectivity index (χ3n) is 3.60. The van der Waals surface area contributed by atoms with Crippen molar-refractivity contribution in [2.45, 2.75) is 6.92 Å². The van der Waals surface area contributed by atoms with Crippen LogP contribution in [0.3, 0.4) is 0 Å². The Bertz CT molecular complexity index is 974. The molecule has 3 rings (SSSR count). The number of amides is 1. The number of rotatable bonds is 4. The Kier molecular flexibility index (Phi) is 5.57. The molecule has 5 nitrogen and oxygen atoms in total. The smallest absolute Gasteiger partial charge is 0.308 e. The number of carbonyl (C=O) groups excluding carboxylic acids is 2. The van der Waals surface area contributed by atoms with Crippen LogP contribution >= 0.6 is 24.0 Å². The molecule has 0 atom stereocenters. The zero-order chi connectivity index (χ0) is 19.6. The van der Waals surface area contributed by atoms with Crippen LogP contribution in [0.15, 0.2) is 47.4 Å². The fourth-order valence-electron chi connectivity index (χ4n) is 2.47. The van der Waals surface area contributed by atoms with Crippen LogP contribution in [0.1, 0.15) is 12.5 Å². The molecule has 1 heterocycles. The summed E-state index contributed by atoms with van der Waals surface area (Å²) in [6.45, 7) is 1.30. The summed E-state index contributed by atoms with van der Waals surface area (Å²) in [5.74, 6) is -0.596. The van der Waals surface area contributed by atoms with Crippen LogP contribution in [0.2, 0.25) is 0 Å². The van der Waals surface area contributed by atoms with E-state index >= 15 is 0 Å². The van der Waals surface area contributed by atoms with Gasteiger partial charge >= 0.3 is 5.97 Å². The average molecular weight is 403 g/mol. The standard InChI is InChI=1S/C19H14FNO4S2/c1-11(22)25-15-7-6-12(8-16(15)24-2)9-17-18(23)21(19(26)27-17)14-5-3-4-13(20)10-14/h3-10H,1-2H3/b17-9+. The normalized spacial score (nSPS) is 15.4. The molecule has 1 amide bonds. The van der Waals surface area contributed by atoms with E-state index in [1.165, 1.54) is 37.1 Å². The number of thiocarbonyl (C=S) groups is 1. The molecule has 138 valence electrons. The van der Waals surface area contributed by atoms with Crippen LogP contribution in [0, 0.1) is 5.82 Å². The summed E-state index contributed by atoms with van der Waals surface area (Å²) in [6, 6.07) is 10.6. The molecule has 0 bridgehead atoms. The van der Waals surface area contributed by atoms with Crippen molar-refractivity contribution in [3.63, 3.8) is 0 Å². The molecule has 27 heavy (non-hydrogen) atoms. The molecule has 0 aliphatic carbocycles. The minimum absolute atomic E-state index is 0.287. The first-order valence-electron chi connectivity index (χ1n) is 7.79. The summed E-state index contributed by atoms with van der Waals surface area (Å²) in [5, 5.41) is 0. The lowest BCUT2D eigenvalue weighted by molar-refractivity contribution is -0.132. The first-order valence-corrected chi connectivity index (χ1v) is 9.01. The van der Waals surface area contributed by atoms with Gasteiger partial charge < -0.3 is 9.47 Å². The number of esters is 1. The molecule has 2 aromatic rings. The molecular weight excluding hydrogens is 389 g/mol. The molecular formula is C19H14FNO4S2. The predicted octanol–water partition coefficient (Wildman–Crippen LogP) is 4.17. The Morgan fingerprint density at radius 3 is 2.67 bits per heavy atom. The molecule has 1 fully saturated rings. The van der Waals surface area contributed by atoms with Crippen molar-refractivity contribution in [1.82, 2.24) is 0 Å². The van der Waals surface area contributed by atoms with Crippen LogP contribution in [0.25, 0.3) is 6.08 Å². The van der Waals surface area contributed by atoms with Gasteiger partial charge in [0.15, 0.2) is 15.8 Å². The highest BCUT2D eigenvalue weighted by molar-refractivity contribution is 8.27. The van der Waals surface area contributed by atoms with Gasteiger partial charge in [0, 0.05) is 6.92 Å². The first kappa shape index (κ1) is 19.1. The zero-order valence-electron chi connectivity index (χ0n) is 14.4. The molecule has 0 radical (unpaired) electrons. The summed E-state index contributed by atoms with van der Waals surface area (Å²) in [7, 11) is 1.45. The number of anilines is 1. The second-order valence-corrected chi connectivity index (χ2v) is 7.18. The largest absolute Gasteiger partial charge is 0.493 e. The maximum absolute atomic E-state index is 13.5. The van der Waals surface area contributed by atoms with Gasteiger partial charge in [-0.15, -0.1) is 0 Å². The second-order valence-electron chi connectivity index (χ2n) is 5.50. The van der Waals surface area contributed by atoms with E-state index in [1.54, 1.807) is 30.3 Å². The monoisotopic (exact) mass is 403 g/mol. The van der Waals surface area contributed by atoms with Crippen LogP contribution in [0.5, 0.6) is 11.5 Å². The number of nitrogens with zero attached hydrogens (tertiary/aromatic N) is 1. The lowest BCUT2D eigenvalue weighted by Gasteiger charge is -2.14. The lowest BCUT2D eigenvalue weighted by atomic mass is 10.2. The summed E-state index contributed by atoms with van der Waals surface area (Å²) >= 11 is 6.40. The fourth-order valence-corrected chi connectivity index (χ4v) is 3.77. The Balaban J connectivity index is 1.90. The quantitative estimate of drug-likeness (QED) is 0.331. The van der Waals surface area contributed by atoms with Crippen LogP contribution in [-0.2, 0) is 9.59 Å². The van der Waals surface area contributed by atoms with Crippen LogP contribution in [0.4, 0.5) is 10.1 Å². The van der Waals surface area contributed by atoms with E-state index in [-0.39, 0.29) is 11.7 Å². The Morgan fingerprint density at radius 2 is 2.00 bits per heavy atom. The van der Waals surface area contributed by atoms with Gasteiger partial charge in [-0.05, 0) is 42.0 Å². The highest BCUT2D eigenvalue weighted by Crippen LogP contribution is 2.37. The van der Waals surface area contributed by atoms with Gasteiger partial charge in [-0.25, -0.2) is 4.39 Å². The Hall–Kier alpha value is -2.71. The van der Waals surface area contributed by atoms with Crippen molar-refractivity contribution in [1.29, 1.82) is 0 Å². The van der Waals surface area contributed by atoms with E-state index in [9.17, 15) is 14.0 Å². The summed E-state index contributed by atoms with van der Waals surface area (Å²) < 4.78 is 24.1. The van der Waals surface area contributed by atoms with Crippen LogP contribution < -0.4 is 14.4 Å². The molecule has 1 aliphatic heterocycles. The number of ether oxygens (including phenoxy) is 2. The van der Waals surface area contributed by atoms with E-state index in [4.69, 9.17) is 21.7 Å². The van der Waals surface area contributed by atoms with Crippen molar-refractivity contribution in [3.05, 3.63) is 58.8 Å². The maximum atomic E-state index is 13.5. The minimum atomic E-state index is -0.461. The molecule has 1 saturated heterocycles. The molecule has 0 unspecified atom stereocenters. The Morgan fingerprint density at radius 1 is 1.22 bits per heavy atom. The van der Waals surface area contributed by atoms with Crippen molar-refractivity contribution < 1.29 is 23.5 Å². The van der Waals surface area contributed by atoms with Gasteiger partial charge in [0.25, 0.3) is 5.91 Å². The topological polar surface area (TPSA) is 55.8 Å². The number of carbonyl (C=O) groups is 2. The lowest BCUT2D eigenvalue weighted by Crippen LogP contribution is -2.27. The third-order valence-corrected chi connectivity index (χ3v) is 4.90. The van der Waals surface area contributed by atoms with E-state index in [0.29, 0.717) is 26.2 Å². The van der Waals surface area contributed by atoms with Crippen molar-refractivity contribution in [3.8, 4) is 11.5 Å². The number of methoxy groups -OCH3 is 1. The van der Waals surface area contributed by atoms with E-state index in [2.05, 4.69) is 0 Å². The van der Waals surface area contributed by atoms with Gasteiger partial charge in [-0.1, -0.05) is 36.1 Å². The SMILES string of the molecule is COc1cc(/C=C2/SC(=S)N(c3cccc(F)c3)C2=O)ccc1OC(C)=O. The third kappa shape index (κ3) is 4.17. The highest BCUT2D eigenvalue weighted by atomic mass is 32.2. The van der Waals surface area contributed by atoms with Gasteiger partial charge in [-0.2, -0.15) is 0 Å². The molecule has 0 aromatic heterocycles. The van der Waals surface area contributed by atoms with Crippen molar-refractivity contribution >= 4 is 51.9 Å². The highest BCUT2D eigenvalue weighted by Gasteiger charge is 2.33. The number of hydrogen-bond donors (Lipinski definition) is 0. The fraction of sp³-hybridized carbons (Fsp3) is 0.105. The average Bonchev–Trinajstić information content (AvgIpc) is 2.89. The van der Waals surface area contributed by atoms with Crippen LogP contribution in [-0.4, -0.2) is 23.3 Å². The number of thioether (sulfide) groups is 1.